The van der Waals surface area contributed by atoms with Gasteiger partial charge in [0, 0.05) is 30.4 Å². The number of amides is 3. The maximum Gasteiger partial charge on any atom is 0.322 e. The van der Waals surface area contributed by atoms with E-state index in [2.05, 4.69) is 15.8 Å². The number of hydrogen-bond donors (Lipinski definition) is 2. The fourth-order valence-corrected chi connectivity index (χ4v) is 3.48. The Kier molecular flexibility index (Phi) is 5.78. The zero-order chi connectivity index (χ0) is 19.4. The zero-order valence-electron chi connectivity index (χ0n) is 16.0. The molecule has 144 valence electrons. The number of aromatic nitrogens is 1. The number of urea groups is 1. The van der Waals surface area contributed by atoms with Crippen LogP contribution >= 0.6 is 0 Å². The second-order valence-electron chi connectivity index (χ2n) is 6.84. The molecule has 1 aromatic heterocycles. The van der Waals surface area contributed by atoms with Crippen LogP contribution in [0.1, 0.15) is 59.6 Å². The van der Waals surface area contributed by atoms with E-state index in [0.29, 0.717) is 24.3 Å². The predicted octanol–water partition coefficient (Wildman–Crippen LogP) is 3.80. The number of carbonyl (C=O) groups is 2. The number of benzene rings is 1. The molecule has 0 spiro atoms. The number of nitrogens with zero attached hydrogens (tertiary/aromatic N) is 2. The van der Waals surface area contributed by atoms with E-state index in [1.807, 2.05) is 32.9 Å². The highest BCUT2D eigenvalue weighted by atomic mass is 16.5. The van der Waals surface area contributed by atoms with Crippen molar-refractivity contribution in [3.63, 3.8) is 0 Å². The summed E-state index contributed by atoms with van der Waals surface area (Å²) in [6, 6.07) is 6.96. The van der Waals surface area contributed by atoms with Crippen LogP contribution in [0.5, 0.6) is 0 Å². The third-order valence-electron chi connectivity index (χ3n) is 4.91. The predicted molar refractivity (Wildman–Crippen MR) is 103 cm³/mol. The third kappa shape index (κ3) is 4.13. The first-order valence-electron chi connectivity index (χ1n) is 9.40. The summed E-state index contributed by atoms with van der Waals surface area (Å²) in [7, 11) is 0. The molecule has 7 heteroatoms. The molecule has 0 radical (unpaired) electrons. The molecule has 27 heavy (non-hydrogen) atoms. The molecular weight excluding hydrogens is 344 g/mol. The average Bonchev–Trinajstić information content (AvgIpc) is 3.10. The van der Waals surface area contributed by atoms with Crippen molar-refractivity contribution in [3.05, 3.63) is 46.8 Å². The summed E-state index contributed by atoms with van der Waals surface area (Å²) in [4.78, 5) is 27.0. The van der Waals surface area contributed by atoms with Crippen molar-refractivity contribution >= 4 is 17.6 Å². The Labute approximate surface area is 159 Å². The number of piperidine rings is 1. The minimum absolute atomic E-state index is 0.0944. The van der Waals surface area contributed by atoms with Crippen LogP contribution in [0.25, 0.3) is 0 Å². The second kappa shape index (κ2) is 8.24. The normalized spacial score (nSPS) is 16.9. The minimum atomic E-state index is -0.184. The summed E-state index contributed by atoms with van der Waals surface area (Å²) >= 11 is 0. The molecule has 1 atom stereocenters. The van der Waals surface area contributed by atoms with Gasteiger partial charge in [-0.15, -0.1) is 0 Å². The zero-order valence-corrected chi connectivity index (χ0v) is 16.0. The number of aryl methyl sites for hydroxylation is 1. The van der Waals surface area contributed by atoms with Crippen LogP contribution in [0.3, 0.4) is 0 Å². The monoisotopic (exact) mass is 370 g/mol. The number of hydrogen-bond acceptors (Lipinski definition) is 4. The van der Waals surface area contributed by atoms with Gasteiger partial charge in [-0.25, -0.2) is 4.79 Å². The Balaban J connectivity index is 1.79. The Morgan fingerprint density at radius 3 is 2.81 bits per heavy atom. The molecule has 2 N–H and O–H groups in total. The quantitative estimate of drug-likeness (QED) is 0.857. The summed E-state index contributed by atoms with van der Waals surface area (Å²) in [6.45, 7) is 6.79. The molecule has 0 bridgehead atoms. The van der Waals surface area contributed by atoms with E-state index >= 15 is 0 Å². The lowest BCUT2D eigenvalue weighted by Crippen LogP contribution is -2.41. The van der Waals surface area contributed by atoms with E-state index in [-0.39, 0.29) is 18.0 Å². The fraction of sp³-hybridized carbons (Fsp3) is 0.450. The summed E-state index contributed by atoms with van der Waals surface area (Å²) in [5.74, 6) is 0.599. The van der Waals surface area contributed by atoms with Gasteiger partial charge in [0.25, 0.3) is 5.91 Å². The fourth-order valence-electron chi connectivity index (χ4n) is 3.48. The topological polar surface area (TPSA) is 87.5 Å². The maximum absolute atomic E-state index is 13.0. The van der Waals surface area contributed by atoms with Crippen LogP contribution in [0.2, 0.25) is 0 Å². The first-order chi connectivity index (χ1) is 13.0. The summed E-state index contributed by atoms with van der Waals surface area (Å²) in [5, 5.41) is 9.87. The van der Waals surface area contributed by atoms with Gasteiger partial charge in [0.15, 0.2) is 0 Å². The lowest BCUT2D eigenvalue weighted by molar-refractivity contribution is 0.0955. The van der Waals surface area contributed by atoms with E-state index in [1.54, 1.807) is 17.0 Å². The van der Waals surface area contributed by atoms with Gasteiger partial charge in [-0.1, -0.05) is 11.2 Å². The third-order valence-corrected chi connectivity index (χ3v) is 4.91. The summed E-state index contributed by atoms with van der Waals surface area (Å²) in [5.41, 5.74) is 2.75. The van der Waals surface area contributed by atoms with Gasteiger partial charge in [0.2, 0.25) is 0 Å². The van der Waals surface area contributed by atoms with E-state index in [9.17, 15) is 9.59 Å². The maximum atomic E-state index is 13.0. The number of anilines is 1. The van der Waals surface area contributed by atoms with Crippen molar-refractivity contribution in [1.29, 1.82) is 0 Å². The SMILES string of the molecule is CCNC(=O)c1cccc(NC(=O)N2CCCC[C@H]2c2cc(C)on2)c1C. The van der Waals surface area contributed by atoms with Crippen molar-refractivity contribution in [1.82, 2.24) is 15.4 Å². The Morgan fingerprint density at radius 1 is 1.30 bits per heavy atom. The lowest BCUT2D eigenvalue weighted by atomic mass is 9.99. The van der Waals surface area contributed by atoms with Gasteiger partial charge in [0.1, 0.15) is 11.5 Å². The second-order valence-corrected chi connectivity index (χ2v) is 6.84. The molecule has 1 fully saturated rings. The lowest BCUT2D eigenvalue weighted by Gasteiger charge is -2.34. The van der Waals surface area contributed by atoms with Gasteiger partial charge in [-0.3, -0.25) is 4.79 Å². The molecule has 3 amide bonds. The Hall–Kier alpha value is -2.83. The molecule has 0 unspecified atom stereocenters. The van der Waals surface area contributed by atoms with Crippen LogP contribution in [0, 0.1) is 13.8 Å². The van der Waals surface area contributed by atoms with Crippen molar-refractivity contribution in [2.45, 2.75) is 46.1 Å². The van der Waals surface area contributed by atoms with Crippen molar-refractivity contribution < 1.29 is 14.1 Å². The minimum Gasteiger partial charge on any atom is -0.361 e. The Morgan fingerprint density at radius 2 is 2.11 bits per heavy atom. The van der Waals surface area contributed by atoms with E-state index in [1.165, 1.54) is 0 Å². The van der Waals surface area contributed by atoms with E-state index in [0.717, 1.165) is 36.3 Å². The molecule has 1 aromatic carbocycles. The molecule has 2 heterocycles. The van der Waals surface area contributed by atoms with Crippen LogP contribution < -0.4 is 10.6 Å². The largest absolute Gasteiger partial charge is 0.361 e. The first-order valence-corrected chi connectivity index (χ1v) is 9.40. The molecule has 0 aliphatic carbocycles. The van der Waals surface area contributed by atoms with Crippen molar-refractivity contribution in [3.8, 4) is 0 Å². The van der Waals surface area contributed by atoms with Crippen LogP contribution in [-0.2, 0) is 0 Å². The smallest absolute Gasteiger partial charge is 0.322 e. The number of likely N-dealkylation sites (tertiary alicyclic amines) is 1. The number of rotatable bonds is 4. The number of nitrogens with one attached hydrogen (secondary N) is 2. The molecule has 1 aliphatic rings. The van der Waals surface area contributed by atoms with Gasteiger partial charge >= 0.3 is 6.03 Å². The highest BCUT2D eigenvalue weighted by Gasteiger charge is 2.30. The standard InChI is InChI=1S/C20H26N4O3/c1-4-21-19(25)15-8-7-9-16(14(15)3)22-20(26)24-11-6-5-10-18(24)17-12-13(2)27-23-17/h7-9,12,18H,4-6,10-11H2,1-3H3,(H,21,25)(H,22,26)/t18-/m0/s1. The molecule has 1 saturated heterocycles. The highest BCUT2D eigenvalue weighted by Crippen LogP contribution is 2.31. The Bertz CT molecular complexity index is 830. The van der Waals surface area contributed by atoms with Gasteiger partial charge < -0.3 is 20.1 Å². The highest BCUT2D eigenvalue weighted by molar-refractivity contribution is 5.99. The molecule has 0 saturated carbocycles. The van der Waals surface area contributed by atoms with Gasteiger partial charge in [-0.05, 0) is 57.7 Å². The van der Waals surface area contributed by atoms with E-state index < -0.39 is 0 Å². The molecule has 2 aromatic rings. The van der Waals surface area contributed by atoms with Crippen molar-refractivity contribution in [2.75, 3.05) is 18.4 Å². The summed E-state index contributed by atoms with van der Waals surface area (Å²) < 4.78 is 5.20. The van der Waals surface area contributed by atoms with Crippen LogP contribution in [0.15, 0.2) is 28.8 Å². The number of carbonyl (C=O) groups excluding carboxylic acids is 2. The molecular formula is C20H26N4O3. The molecule has 7 nitrogen and oxygen atoms in total. The molecule has 3 rings (SSSR count). The van der Waals surface area contributed by atoms with Crippen LogP contribution in [-0.4, -0.2) is 35.1 Å². The van der Waals surface area contributed by atoms with Crippen molar-refractivity contribution in [2.24, 2.45) is 0 Å². The van der Waals surface area contributed by atoms with E-state index in [4.69, 9.17) is 4.52 Å². The van der Waals surface area contributed by atoms with Gasteiger partial charge in [-0.2, -0.15) is 0 Å². The molecule has 1 aliphatic heterocycles. The van der Waals surface area contributed by atoms with Crippen LogP contribution in [0.4, 0.5) is 10.5 Å². The van der Waals surface area contributed by atoms with Gasteiger partial charge in [0.05, 0.1) is 6.04 Å². The summed E-state index contributed by atoms with van der Waals surface area (Å²) in [6.07, 6.45) is 2.86. The average molecular weight is 370 g/mol. The first kappa shape index (κ1) is 18.9.